The first-order valence-electron chi connectivity index (χ1n) is 6.51. The van der Waals surface area contributed by atoms with Crippen molar-refractivity contribution in [2.45, 2.75) is 51.2 Å². The number of esters is 1. The number of rotatable bonds is 5. The van der Waals surface area contributed by atoms with Gasteiger partial charge in [-0.3, -0.25) is 10.1 Å². The van der Waals surface area contributed by atoms with Gasteiger partial charge in [0, 0.05) is 13.0 Å². The molecule has 0 radical (unpaired) electrons. The SMILES string of the molecule is C#CCNC1(C(=O)OCC)CCOC(C)(CC)C1. The quantitative estimate of drug-likeness (QED) is 0.595. The minimum Gasteiger partial charge on any atom is -0.465 e. The smallest absolute Gasteiger partial charge is 0.326 e. The van der Waals surface area contributed by atoms with E-state index in [-0.39, 0.29) is 11.6 Å². The second kappa shape index (κ2) is 6.21. The number of nitrogens with one attached hydrogen (secondary N) is 1. The number of ether oxygens (including phenoxy) is 2. The molecule has 18 heavy (non-hydrogen) atoms. The van der Waals surface area contributed by atoms with E-state index in [1.807, 2.05) is 13.8 Å². The van der Waals surface area contributed by atoms with Gasteiger partial charge < -0.3 is 9.47 Å². The summed E-state index contributed by atoms with van der Waals surface area (Å²) in [6, 6.07) is 0. The van der Waals surface area contributed by atoms with Crippen LogP contribution >= 0.6 is 0 Å². The minimum atomic E-state index is -0.703. The van der Waals surface area contributed by atoms with Crippen LogP contribution in [-0.2, 0) is 14.3 Å². The summed E-state index contributed by atoms with van der Waals surface area (Å²) in [6.45, 7) is 7.17. The lowest BCUT2D eigenvalue weighted by Crippen LogP contribution is -2.60. The highest BCUT2D eigenvalue weighted by atomic mass is 16.5. The summed E-state index contributed by atoms with van der Waals surface area (Å²) in [5.74, 6) is 2.30. The maximum atomic E-state index is 12.2. The van der Waals surface area contributed by atoms with Crippen molar-refractivity contribution in [1.82, 2.24) is 5.32 Å². The van der Waals surface area contributed by atoms with Crippen LogP contribution in [0.5, 0.6) is 0 Å². The van der Waals surface area contributed by atoms with Crippen LogP contribution in [0.2, 0.25) is 0 Å². The monoisotopic (exact) mass is 253 g/mol. The largest absolute Gasteiger partial charge is 0.465 e. The van der Waals surface area contributed by atoms with Gasteiger partial charge in [-0.1, -0.05) is 12.8 Å². The highest BCUT2D eigenvalue weighted by Crippen LogP contribution is 2.35. The standard InChI is InChI=1S/C14H23NO3/c1-5-9-15-14(12(16)17-7-3)8-10-18-13(4,6-2)11-14/h1,15H,6-11H2,2-4H3. The van der Waals surface area contributed by atoms with E-state index < -0.39 is 5.54 Å². The van der Waals surface area contributed by atoms with Gasteiger partial charge in [-0.05, 0) is 26.7 Å². The van der Waals surface area contributed by atoms with Crippen molar-refractivity contribution in [3.63, 3.8) is 0 Å². The zero-order valence-electron chi connectivity index (χ0n) is 11.5. The Hall–Kier alpha value is -1.05. The van der Waals surface area contributed by atoms with Gasteiger partial charge in [0.25, 0.3) is 0 Å². The van der Waals surface area contributed by atoms with Crippen molar-refractivity contribution >= 4 is 5.97 Å². The molecule has 1 aliphatic rings. The molecular formula is C14H23NO3. The van der Waals surface area contributed by atoms with E-state index >= 15 is 0 Å². The summed E-state index contributed by atoms with van der Waals surface area (Å²) >= 11 is 0. The van der Waals surface area contributed by atoms with Crippen molar-refractivity contribution in [1.29, 1.82) is 0 Å². The van der Waals surface area contributed by atoms with E-state index in [4.69, 9.17) is 15.9 Å². The van der Waals surface area contributed by atoms with Gasteiger partial charge >= 0.3 is 5.97 Å². The molecule has 0 amide bonds. The van der Waals surface area contributed by atoms with Crippen LogP contribution in [0.3, 0.4) is 0 Å². The Labute approximate surface area is 109 Å². The topological polar surface area (TPSA) is 47.6 Å². The van der Waals surface area contributed by atoms with E-state index in [9.17, 15) is 4.79 Å². The summed E-state index contributed by atoms with van der Waals surface area (Å²) in [7, 11) is 0. The molecule has 0 aromatic rings. The predicted octanol–water partition coefficient (Wildman–Crippen LogP) is 1.49. The lowest BCUT2D eigenvalue weighted by atomic mass is 9.79. The summed E-state index contributed by atoms with van der Waals surface area (Å²) in [5, 5.41) is 3.17. The van der Waals surface area contributed by atoms with Crippen LogP contribution in [0.25, 0.3) is 0 Å². The summed E-state index contributed by atoms with van der Waals surface area (Å²) < 4.78 is 11.0. The number of carbonyl (C=O) groups excluding carboxylic acids is 1. The molecule has 0 bridgehead atoms. The molecule has 2 atom stereocenters. The molecule has 2 unspecified atom stereocenters. The summed E-state index contributed by atoms with van der Waals surface area (Å²) in [6.07, 6.45) is 7.33. The maximum Gasteiger partial charge on any atom is 0.326 e. The Bertz CT molecular complexity index is 336. The first-order valence-corrected chi connectivity index (χ1v) is 6.51. The molecule has 0 aromatic carbocycles. The van der Waals surface area contributed by atoms with E-state index in [1.54, 1.807) is 0 Å². The van der Waals surface area contributed by atoms with E-state index in [2.05, 4.69) is 18.2 Å². The number of hydrogen-bond acceptors (Lipinski definition) is 4. The molecule has 1 heterocycles. The molecule has 0 spiro atoms. The third kappa shape index (κ3) is 3.24. The Morgan fingerprint density at radius 1 is 1.56 bits per heavy atom. The van der Waals surface area contributed by atoms with Crippen LogP contribution in [-0.4, -0.2) is 36.9 Å². The zero-order valence-corrected chi connectivity index (χ0v) is 11.5. The lowest BCUT2D eigenvalue weighted by molar-refractivity contribution is -0.165. The van der Waals surface area contributed by atoms with E-state index in [1.165, 1.54) is 0 Å². The highest BCUT2D eigenvalue weighted by Gasteiger charge is 2.48. The van der Waals surface area contributed by atoms with Gasteiger partial charge in [0.05, 0.1) is 18.8 Å². The van der Waals surface area contributed by atoms with Crippen molar-refractivity contribution in [3.8, 4) is 12.3 Å². The molecule has 1 saturated heterocycles. The first-order chi connectivity index (χ1) is 8.52. The fourth-order valence-electron chi connectivity index (χ4n) is 2.36. The van der Waals surface area contributed by atoms with E-state index in [0.717, 1.165) is 6.42 Å². The van der Waals surface area contributed by atoms with Gasteiger partial charge in [-0.2, -0.15) is 0 Å². The second-order valence-corrected chi connectivity index (χ2v) is 4.94. The van der Waals surface area contributed by atoms with Crippen molar-refractivity contribution in [3.05, 3.63) is 0 Å². The Balaban J connectivity index is 2.90. The van der Waals surface area contributed by atoms with Gasteiger partial charge in [0.2, 0.25) is 0 Å². The van der Waals surface area contributed by atoms with Gasteiger partial charge in [-0.15, -0.1) is 6.42 Å². The van der Waals surface area contributed by atoms with Crippen LogP contribution in [0.1, 0.15) is 40.0 Å². The van der Waals surface area contributed by atoms with Crippen molar-refractivity contribution in [2.24, 2.45) is 0 Å². The molecule has 4 heteroatoms. The summed E-state index contributed by atoms with van der Waals surface area (Å²) in [4.78, 5) is 12.2. The van der Waals surface area contributed by atoms with Gasteiger partial charge in [0.15, 0.2) is 0 Å². The summed E-state index contributed by atoms with van der Waals surface area (Å²) in [5.41, 5.74) is -1.00. The lowest BCUT2D eigenvalue weighted by Gasteiger charge is -2.44. The average molecular weight is 253 g/mol. The Morgan fingerprint density at radius 2 is 2.28 bits per heavy atom. The number of hydrogen-bond donors (Lipinski definition) is 1. The molecular weight excluding hydrogens is 230 g/mol. The molecule has 1 aliphatic heterocycles. The molecule has 0 aliphatic carbocycles. The molecule has 102 valence electrons. The van der Waals surface area contributed by atoms with Gasteiger partial charge in [-0.25, -0.2) is 0 Å². The number of terminal acetylenes is 1. The third-order valence-electron chi connectivity index (χ3n) is 3.60. The fraction of sp³-hybridized carbons (Fsp3) is 0.786. The average Bonchev–Trinajstić information content (AvgIpc) is 2.37. The van der Waals surface area contributed by atoms with E-state index in [0.29, 0.717) is 32.6 Å². The van der Waals surface area contributed by atoms with Gasteiger partial charge in [0.1, 0.15) is 5.54 Å². The number of carbonyl (C=O) groups is 1. The normalized spacial score (nSPS) is 31.7. The minimum absolute atomic E-state index is 0.219. The maximum absolute atomic E-state index is 12.2. The van der Waals surface area contributed by atoms with Crippen LogP contribution in [0, 0.1) is 12.3 Å². The Kier molecular flexibility index (Phi) is 5.18. The third-order valence-corrected chi connectivity index (χ3v) is 3.60. The fourth-order valence-corrected chi connectivity index (χ4v) is 2.36. The van der Waals surface area contributed by atoms with Crippen LogP contribution < -0.4 is 5.32 Å². The van der Waals surface area contributed by atoms with Crippen molar-refractivity contribution in [2.75, 3.05) is 19.8 Å². The molecule has 1 N–H and O–H groups in total. The predicted molar refractivity (Wildman–Crippen MR) is 70.1 cm³/mol. The van der Waals surface area contributed by atoms with Crippen LogP contribution in [0.4, 0.5) is 0 Å². The molecule has 0 aromatic heterocycles. The second-order valence-electron chi connectivity index (χ2n) is 4.94. The molecule has 4 nitrogen and oxygen atoms in total. The zero-order chi connectivity index (χ0) is 13.6. The molecule has 1 rings (SSSR count). The highest BCUT2D eigenvalue weighted by molar-refractivity contribution is 5.81. The molecule has 0 saturated carbocycles. The first kappa shape index (κ1) is 15.0. The van der Waals surface area contributed by atoms with Crippen molar-refractivity contribution < 1.29 is 14.3 Å². The Morgan fingerprint density at radius 3 is 2.83 bits per heavy atom. The molecule has 1 fully saturated rings. The van der Waals surface area contributed by atoms with Crippen LogP contribution in [0.15, 0.2) is 0 Å².